The molecule has 2 rings (SSSR count). The number of anilines is 1. The number of aliphatic carboxylic acids is 1. The van der Waals surface area contributed by atoms with E-state index in [0.717, 1.165) is 16.2 Å². The molecule has 0 aliphatic rings. The quantitative estimate of drug-likeness (QED) is 0.785. The van der Waals surface area contributed by atoms with Gasteiger partial charge in [-0.1, -0.05) is 11.8 Å². The van der Waals surface area contributed by atoms with E-state index in [1.54, 1.807) is 29.9 Å². The maximum atomic E-state index is 10.7. The molecule has 0 bridgehead atoms. The molecule has 0 aliphatic heterocycles. The van der Waals surface area contributed by atoms with E-state index in [1.165, 1.54) is 0 Å². The smallest absolute Gasteiger partial charge is 0.313 e. The average molecular weight is 359 g/mol. The Labute approximate surface area is 127 Å². The van der Waals surface area contributed by atoms with Crippen LogP contribution in [0, 0.1) is 0 Å². The number of thioether (sulfide) groups is 1. The number of rotatable bonds is 5. The molecule has 9 heteroatoms. The van der Waals surface area contributed by atoms with Crippen LogP contribution in [-0.4, -0.2) is 38.7 Å². The van der Waals surface area contributed by atoms with E-state index in [4.69, 9.17) is 15.6 Å². The molecule has 1 heterocycles. The number of aromatic nitrogens is 3. The fourth-order valence-electron chi connectivity index (χ4n) is 1.52. The Hall–Kier alpha value is -1.74. The van der Waals surface area contributed by atoms with Crippen LogP contribution in [0.3, 0.4) is 0 Å². The number of carbonyl (C=O) groups is 1. The van der Waals surface area contributed by atoms with Gasteiger partial charge in [0.2, 0.25) is 5.95 Å². The van der Waals surface area contributed by atoms with Crippen LogP contribution in [0.1, 0.15) is 0 Å². The Morgan fingerprint density at radius 2 is 2.30 bits per heavy atom. The van der Waals surface area contributed by atoms with Gasteiger partial charge in [0, 0.05) is 10.5 Å². The number of hydrogen-bond donors (Lipinski definition) is 2. The summed E-state index contributed by atoms with van der Waals surface area (Å²) in [6, 6.07) is 5.35. The first-order chi connectivity index (χ1) is 9.52. The topological polar surface area (TPSA) is 103 Å². The third kappa shape index (κ3) is 3.05. The monoisotopic (exact) mass is 358 g/mol. The van der Waals surface area contributed by atoms with Gasteiger partial charge in [-0.25, -0.2) is 0 Å². The fraction of sp³-hybridized carbons (Fsp3) is 0.182. The lowest BCUT2D eigenvalue weighted by Crippen LogP contribution is -2.05. The fourth-order valence-corrected chi connectivity index (χ4v) is 2.61. The maximum absolute atomic E-state index is 10.7. The third-order valence-corrected chi connectivity index (χ3v) is 3.96. The van der Waals surface area contributed by atoms with Gasteiger partial charge in [-0.15, -0.1) is 10.2 Å². The van der Waals surface area contributed by atoms with Crippen LogP contribution in [0.5, 0.6) is 5.75 Å². The zero-order chi connectivity index (χ0) is 14.7. The lowest BCUT2D eigenvalue weighted by molar-refractivity contribution is -0.133. The average Bonchev–Trinajstić information content (AvgIpc) is 2.78. The summed E-state index contributed by atoms with van der Waals surface area (Å²) in [5.41, 5.74) is 6.49. The van der Waals surface area contributed by atoms with Crippen molar-refractivity contribution >= 4 is 39.6 Å². The lowest BCUT2D eigenvalue weighted by atomic mass is 10.3. The van der Waals surface area contributed by atoms with E-state index < -0.39 is 5.97 Å². The van der Waals surface area contributed by atoms with Crippen LogP contribution in [0.2, 0.25) is 0 Å². The highest BCUT2D eigenvalue weighted by Crippen LogP contribution is 2.31. The Kier molecular flexibility index (Phi) is 4.50. The number of hydrogen-bond acceptors (Lipinski definition) is 6. The van der Waals surface area contributed by atoms with Gasteiger partial charge in [0.05, 0.1) is 18.6 Å². The van der Waals surface area contributed by atoms with E-state index >= 15 is 0 Å². The number of halogens is 1. The van der Waals surface area contributed by atoms with Crippen molar-refractivity contribution in [3.8, 4) is 11.4 Å². The normalized spacial score (nSPS) is 10.5. The molecule has 0 spiro atoms. The number of benzene rings is 1. The predicted octanol–water partition coefficient (Wildman–Crippen LogP) is 1.80. The number of ether oxygens (including phenoxy) is 1. The number of nitrogens with two attached hydrogens (primary N) is 1. The van der Waals surface area contributed by atoms with Crippen molar-refractivity contribution in [3.05, 3.63) is 22.7 Å². The zero-order valence-electron chi connectivity index (χ0n) is 10.4. The largest absolute Gasteiger partial charge is 0.497 e. The molecule has 0 atom stereocenters. The Bertz CT molecular complexity index is 647. The standard InChI is InChI=1S/C11H11BrN4O3S/c1-19-6-2-3-7(12)8(4-6)16-10(13)14-15-11(16)20-5-9(17)18/h2-4H,5H2,1H3,(H2,13,14)(H,17,18). The highest BCUT2D eigenvalue weighted by atomic mass is 79.9. The van der Waals surface area contributed by atoms with Gasteiger partial charge in [-0.05, 0) is 28.1 Å². The van der Waals surface area contributed by atoms with Gasteiger partial charge in [-0.3, -0.25) is 9.36 Å². The molecule has 106 valence electrons. The molecule has 20 heavy (non-hydrogen) atoms. The van der Waals surface area contributed by atoms with Crippen LogP contribution in [0.4, 0.5) is 5.95 Å². The zero-order valence-corrected chi connectivity index (χ0v) is 12.8. The SMILES string of the molecule is COc1ccc(Br)c(-n2c(N)nnc2SCC(=O)O)c1. The molecule has 1 aromatic heterocycles. The Morgan fingerprint density at radius 3 is 2.95 bits per heavy atom. The van der Waals surface area contributed by atoms with Crippen molar-refractivity contribution < 1.29 is 14.6 Å². The number of carboxylic acids is 1. The third-order valence-electron chi connectivity index (χ3n) is 2.38. The van der Waals surface area contributed by atoms with E-state index in [9.17, 15) is 4.79 Å². The number of nitrogens with zero attached hydrogens (tertiary/aromatic N) is 3. The molecule has 0 saturated heterocycles. The van der Waals surface area contributed by atoms with Crippen molar-refractivity contribution in [2.75, 3.05) is 18.6 Å². The van der Waals surface area contributed by atoms with Crippen molar-refractivity contribution in [2.45, 2.75) is 5.16 Å². The van der Waals surface area contributed by atoms with Gasteiger partial charge in [0.15, 0.2) is 5.16 Å². The maximum Gasteiger partial charge on any atom is 0.313 e. The first kappa shape index (κ1) is 14.7. The van der Waals surface area contributed by atoms with E-state index in [-0.39, 0.29) is 11.7 Å². The van der Waals surface area contributed by atoms with E-state index in [1.807, 2.05) is 0 Å². The molecular formula is C11H11BrN4O3S. The number of carboxylic acid groups (broad SMARTS) is 1. The summed E-state index contributed by atoms with van der Waals surface area (Å²) in [7, 11) is 1.56. The van der Waals surface area contributed by atoms with E-state index in [2.05, 4.69) is 26.1 Å². The lowest BCUT2D eigenvalue weighted by Gasteiger charge is -2.11. The second-order valence-corrected chi connectivity index (χ2v) is 5.47. The molecule has 3 N–H and O–H groups in total. The van der Waals surface area contributed by atoms with Crippen molar-refractivity contribution in [3.63, 3.8) is 0 Å². The minimum atomic E-state index is -0.937. The highest BCUT2D eigenvalue weighted by molar-refractivity contribution is 9.10. The second kappa shape index (κ2) is 6.14. The van der Waals surface area contributed by atoms with Crippen molar-refractivity contribution in [1.82, 2.24) is 14.8 Å². The summed E-state index contributed by atoms with van der Waals surface area (Å²) in [4.78, 5) is 10.7. The van der Waals surface area contributed by atoms with Crippen LogP contribution in [0.25, 0.3) is 5.69 Å². The van der Waals surface area contributed by atoms with Gasteiger partial charge in [0.25, 0.3) is 0 Å². The van der Waals surface area contributed by atoms with Gasteiger partial charge in [-0.2, -0.15) is 0 Å². The minimum Gasteiger partial charge on any atom is -0.497 e. The summed E-state index contributed by atoms with van der Waals surface area (Å²) in [5, 5.41) is 16.8. The Morgan fingerprint density at radius 1 is 1.55 bits per heavy atom. The molecule has 0 unspecified atom stereocenters. The van der Waals surface area contributed by atoms with Gasteiger partial charge in [0.1, 0.15) is 5.75 Å². The molecule has 0 amide bonds. The Balaban J connectivity index is 2.46. The summed E-state index contributed by atoms with van der Waals surface area (Å²) in [5.74, 6) is -0.246. The molecule has 2 aromatic rings. The van der Waals surface area contributed by atoms with Gasteiger partial charge >= 0.3 is 5.97 Å². The molecule has 0 saturated carbocycles. The second-order valence-electron chi connectivity index (χ2n) is 3.68. The molecule has 0 fully saturated rings. The van der Waals surface area contributed by atoms with Crippen molar-refractivity contribution in [2.24, 2.45) is 0 Å². The van der Waals surface area contributed by atoms with Crippen LogP contribution < -0.4 is 10.5 Å². The van der Waals surface area contributed by atoms with E-state index in [0.29, 0.717) is 16.6 Å². The molecule has 1 aromatic carbocycles. The molecular weight excluding hydrogens is 348 g/mol. The summed E-state index contributed by atoms with van der Waals surface area (Å²) in [6.07, 6.45) is 0. The molecule has 0 radical (unpaired) electrons. The van der Waals surface area contributed by atoms with Crippen LogP contribution in [-0.2, 0) is 4.79 Å². The first-order valence-electron chi connectivity index (χ1n) is 5.42. The number of nitrogen functional groups attached to an aromatic ring is 1. The summed E-state index contributed by atoms with van der Waals surface area (Å²) in [6.45, 7) is 0. The predicted molar refractivity (Wildman–Crippen MR) is 78.4 cm³/mol. The molecule has 7 nitrogen and oxygen atoms in total. The summed E-state index contributed by atoms with van der Waals surface area (Å²) < 4.78 is 7.50. The van der Waals surface area contributed by atoms with Crippen LogP contribution in [0.15, 0.2) is 27.8 Å². The molecule has 0 aliphatic carbocycles. The first-order valence-corrected chi connectivity index (χ1v) is 7.20. The minimum absolute atomic E-state index is 0.125. The van der Waals surface area contributed by atoms with Crippen LogP contribution >= 0.6 is 27.7 Å². The highest BCUT2D eigenvalue weighted by Gasteiger charge is 2.16. The van der Waals surface area contributed by atoms with Gasteiger partial charge < -0.3 is 15.6 Å². The summed E-state index contributed by atoms with van der Waals surface area (Å²) >= 11 is 4.46. The van der Waals surface area contributed by atoms with Crippen molar-refractivity contribution in [1.29, 1.82) is 0 Å². The number of methoxy groups -OCH3 is 1.